The van der Waals surface area contributed by atoms with Gasteiger partial charge < -0.3 is 21.5 Å². The lowest BCUT2D eigenvalue weighted by atomic mass is 10.2. The number of nitrogens with zero attached hydrogens (tertiary/aromatic N) is 2. The maximum atomic E-state index is 10.9. The van der Waals surface area contributed by atoms with Gasteiger partial charge in [0.15, 0.2) is 0 Å². The summed E-state index contributed by atoms with van der Waals surface area (Å²) in [5.74, 6) is -1.12. The SMILES string of the molecule is CNC/C(CNc1ccc2nccnc2c1)=C(\N)C(=O)O. The molecule has 1 aromatic carbocycles. The van der Waals surface area contributed by atoms with E-state index in [1.54, 1.807) is 19.4 Å². The molecule has 0 spiro atoms. The summed E-state index contributed by atoms with van der Waals surface area (Å²) in [5, 5.41) is 15.0. The zero-order valence-electron chi connectivity index (χ0n) is 11.6. The van der Waals surface area contributed by atoms with Gasteiger partial charge in [0.05, 0.1) is 11.0 Å². The topological polar surface area (TPSA) is 113 Å². The van der Waals surface area contributed by atoms with E-state index in [4.69, 9.17) is 10.8 Å². The lowest BCUT2D eigenvalue weighted by Gasteiger charge is -2.12. The average molecular weight is 287 g/mol. The summed E-state index contributed by atoms with van der Waals surface area (Å²) in [5.41, 5.74) is 8.43. The Morgan fingerprint density at radius 3 is 2.62 bits per heavy atom. The molecule has 5 N–H and O–H groups in total. The standard InChI is InChI=1S/C14H17N5O2/c1-16-7-9(13(15)14(20)21)8-19-10-2-3-11-12(6-10)18-5-4-17-11/h2-6,16,19H,7-8,15H2,1H3,(H,20,21)/b13-9+. The second-order valence-corrected chi connectivity index (χ2v) is 4.47. The Morgan fingerprint density at radius 2 is 1.95 bits per heavy atom. The van der Waals surface area contributed by atoms with Gasteiger partial charge in [-0.15, -0.1) is 0 Å². The molecule has 2 rings (SSSR count). The molecule has 1 aromatic heterocycles. The number of rotatable bonds is 6. The lowest BCUT2D eigenvalue weighted by Crippen LogP contribution is -2.24. The Morgan fingerprint density at radius 1 is 1.24 bits per heavy atom. The number of aliphatic carboxylic acids is 1. The largest absolute Gasteiger partial charge is 0.477 e. The maximum Gasteiger partial charge on any atom is 0.351 e. The van der Waals surface area contributed by atoms with Crippen LogP contribution in [0.5, 0.6) is 0 Å². The van der Waals surface area contributed by atoms with E-state index in [-0.39, 0.29) is 5.70 Å². The first kappa shape index (κ1) is 14.7. The molecular formula is C14H17N5O2. The molecule has 0 bridgehead atoms. The number of hydrogen-bond donors (Lipinski definition) is 4. The highest BCUT2D eigenvalue weighted by atomic mass is 16.4. The van der Waals surface area contributed by atoms with Crippen molar-refractivity contribution < 1.29 is 9.90 Å². The zero-order chi connectivity index (χ0) is 15.2. The van der Waals surface area contributed by atoms with Gasteiger partial charge in [-0.2, -0.15) is 0 Å². The fraction of sp³-hybridized carbons (Fsp3) is 0.214. The minimum Gasteiger partial charge on any atom is -0.477 e. The van der Waals surface area contributed by atoms with Gasteiger partial charge in [-0.25, -0.2) is 4.79 Å². The Balaban J connectivity index is 2.15. The van der Waals surface area contributed by atoms with Crippen LogP contribution in [0.4, 0.5) is 5.69 Å². The van der Waals surface area contributed by atoms with Crippen LogP contribution in [0.2, 0.25) is 0 Å². The Kier molecular flexibility index (Phi) is 4.68. The molecule has 110 valence electrons. The van der Waals surface area contributed by atoms with Crippen LogP contribution in [0, 0.1) is 0 Å². The quantitative estimate of drug-likeness (QED) is 0.574. The third kappa shape index (κ3) is 3.67. The van der Waals surface area contributed by atoms with E-state index in [1.165, 1.54) is 0 Å². The van der Waals surface area contributed by atoms with Gasteiger partial charge in [0.1, 0.15) is 5.70 Å². The van der Waals surface area contributed by atoms with E-state index in [1.807, 2.05) is 18.2 Å². The molecule has 0 unspecified atom stereocenters. The molecule has 0 aliphatic carbocycles. The van der Waals surface area contributed by atoms with Gasteiger partial charge in [0.2, 0.25) is 0 Å². The van der Waals surface area contributed by atoms with Gasteiger partial charge in [-0.3, -0.25) is 9.97 Å². The normalized spacial score (nSPS) is 12.0. The van der Waals surface area contributed by atoms with Crippen LogP contribution < -0.4 is 16.4 Å². The van der Waals surface area contributed by atoms with Crippen molar-refractivity contribution in [1.29, 1.82) is 0 Å². The zero-order valence-corrected chi connectivity index (χ0v) is 11.6. The van der Waals surface area contributed by atoms with Crippen LogP contribution in [0.25, 0.3) is 11.0 Å². The summed E-state index contributed by atoms with van der Waals surface area (Å²) in [7, 11) is 1.74. The maximum absolute atomic E-state index is 10.9. The van der Waals surface area contributed by atoms with Crippen LogP contribution in [0.1, 0.15) is 0 Å². The number of nitrogens with one attached hydrogen (secondary N) is 2. The molecule has 0 saturated carbocycles. The minimum absolute atomic E-state index is 0.141. The number of benzene rings is 1. The predicted molar refractivity (Wildman–Crippen MR) is 80.8 cm³/mol. The van der Waals surface area contributed by atoms with Crippen molar-refractivity contribution in [2.45, 2.75) is 0 Å². The number of fused-ring (bicyclic) bond motifs is 1. The van der Waals surface area contributed by atoms with Crippen LogP contribution in [0.15, 0.2) is 41.9 Å². The van der Waals surface area contributed by atoms with E-state index in [0.717, 1.165) is 16.7 Å². The summed E-state index contributed by atoms with van der Waals surface area (Å²) in [6, 6.07) is 5.58. The fourth-order valence-corrected chi connectivity index (χ4v) is 1.90. The summed E-state index contributed by atoms with van der Waals surface area (Å²) in [6.45, 7) is 0.739. The van der Waals surface area contributed by atoms with E-state index < -0.39 is 5.97 Å². The Labute approximate surface area is 121 Å². The highest BCUT2D eigenvalue weighted by Gasteiger charge is 2.10. The van der Waals surface area contributed by atoms with Crippen molar-refractivity contribution in [2.75, 3.05) is 25.5 Å². The lowest BCUT2D eigenvalue weighted by molar-refractivity contribution is -0.132. The van der Waals surface area contributed by atoms with Crippen molar-refractivity contribution >= 4 is 22.7 Å². The van der Waals surface area contributed by atoms with Crippen LogP contribution in [-0.2, 0) is 4.79 Å². The number of carboxylic acid groups (broad SMARTS) is 1. The highest BCUT2D eigenvalue weighted by Crippen LogP contribution is 2.15. The minimum atomic E-state index is -1.12. The van der Waals surface area contributed by atoms with Crippen LogP contribution in [0.3, 0.4) is 0 Å². The second-order valence-electron chi connectivity index (χ2n) is 4.47. The molecule has 0 aliphatic heterocycles. The third-order valence-electron chi connectivity index (χ3n) is 2.98. The molecule has 0 atom stereocenters. The van der Waals surface area contributed by atoms with Crippen molar-refractivity contribution in [2.24, 2.45) is 5.73 Å². The summed E-state index contributed by atoms with van der Waals surface area (Å²) in [4.78, 5) is 19.4. The number of carbonyl (C=O) groups is 1. The summed E-state index contributed by atoms with van der Waals surface area (Å²) >= 11 is 0. The summed E-state index contributed by atoms with van der Waals surface area (Å²) in [6.07, 6.45) is 3.26. The van der Waals surface area contributed by atoms with Crippen molar-refractivity contribution in [3.05, 3.63) is 41.9 Å². The van der Waals surface area contributed by atoms with Gasteiger partial charge in [0.25, 0.3) is 0 Å². The monoisotopic (exact) mass is 287 g/mol. The van der Waals surface area contributed by atoms with Crippen LogP contribution in [-0.4, -0.2) is 41.2 Å². The first-order valence-corrected chi connectivity index (χ1v) is 6.42. The molecule has 0 radical (unpaired) electrons. The van der Waals surface area contributed by atoms with Gasteiger partial charge in [-0.1, -0.05) is 0 Å². The second kappa shape index (κ2) is 6.67. The fourth-order valence-electron chi connectivity index (χ4n) is 1.90. The van der Waals surface area contributed by atoms with E-state index >= 15 is 0 Å². The van der Waals surface area contributed by atoms with Gasteiger partial charge in [-0.05, 0) is 30.8 Å². The Hall–Kier alpha value is -2.67. The number of carboxylic acids is 1. The molecule has 0 fully saturated rings. The molecule has 7 heteroatoms. The average Bonchev–Trinajstić information content (AvgIpc) is 2.50. The number of anilines is 1. The van der Waals surface area contributed by atoms with E-state index in [0.29, 0.717) is 18.7 Å². The molecule has 2 aromatic rings. The van der Waals surface area contributed by atoms with Gasteiger partial charge in [0, 0.05) is 31.2 Å². The third-order valence-corrected chi connectivity index (χ3v) is 2.98. The molecule has 1 heterocycles. The molecule has 7 nitrogen and oxygen atoms in total. The molecule has 0 amide bonds. The Bertz CT molecular complexity index is 684. The van der Waals surface area contributed by atoms with Crippen molar-refractivity contribution in [3.63, 3.8) is 0 Å². The van der Waals surface area contributed by atoms with E-state index in [2.05, 4.69) is 20.6 Å². The number of hydrogen-bond acceptors (Lipinski definition) is 6. The molecule has 0 aliphatic rings. The number of nitrogens with two attached hydrogens (primary N) is 1. The smallest absolute Gasteiger partial charge is 0.351 e. The highest BCUT2D eigenvalue weighted by molar-refractivity contribution is 5.86. The molecule has 21 heavy (non-hydrogen) atoms. The first-order valence-electron chi connectivity index (χ1n) is 6.42. The van der Waals surface area contributed by atoms with Gasteiger partial charge >= 0.3 is 5.97 Å². The van der Waals surface area contributed by atoms with Crippen molar-refractivity contribution in [3.8, 4) is 0 Å². The van der Waals surface area contributed by atoms with Crippen molar-refractivity contribution in [1.82, 2.24) is 15.3 Å². The van der Waals surface area contributed by atoms with Crippen LogP contribution >= 0.6 is 0 Å². The predicted octanol–water partition coefficient (Wildman–Crippen LogP) is 0.558. The first-order chi connectivity index (χ1) is 10.1. The summed E-state index contributed by atoms with van der Waals surface area (Å²) < 4.78 is 0. The molecular weight excluding hydrogens is 270 g/mol. The number of likely N-dealkylation sites (N-methyl/N-ethyl adjacent to an activating group) is 1. The molecule has 0 saturated heterocycles. The number of aromatic nitrogens is 2. The van der Waals surface area contributed by atoms with E-state index in [9.17, 15) is 4.79 Å².